The van der Waals surface area contributed by atoms with E-state index in [4.69, 9.17) is 4.42 Å². The predicted molar refractivity (Wildman–Crippen MR) is 105 cm³/mol. The van der Waals surface area contributed by atoms with Gasteiger partial charge in [-0.2, -0.15) is 0 Å². The second-order valence-corrected chi connectivity index (χ2v) is 10.6. The van der Waals surface area contributed by atoms with Gasteiger partial charge in [0, 0.05) is 27.2 Å². The molecular weight excluding hydrogens is 386 g/mol. The van der Waals surface area contributed by atoms with E-state index in [1.807, 2.05) is 11.8 Å². The molecular formula is C18H25N3O4S2. The molecule has 0 radical (unpaired) electrons. The van der Waals surface area contributed by atoms with Gasteiger partial charge in [-0.1, -0.05) is 18.7 Å². The number of carbonyl (C=O) groups excluding carboxylic acids is 1. The molecule has 0 N–H and O–H groups in total. The summed E-state index contributed by atoms with van der Waals surface area (Å²) in [5.74, 6) is 0.756. The Balaban J connectivity index is 1.74. The molecule has 1 saturated heterocycles. The Kier molecular flexibility index (Phi) is 5.83. The van der Waals surface area contributed by atoms with Gasteiger partial charge in [-0.15, -0.1) is 0 Å². The Morgan fingerprint density at radius 1 is 1.33 bits per heavy atom. The quantitative estimate of drug-likeness (QED) is 0.704. The van der Waals surface area contributed by atoms with Gasteiger partial charge < -0.3 is 9.32 Å². The number of sulfonamides is 1. The van der Waals surface area contributed by atoms with Crippen molar-refractivity contribution in [2.75, 3.05) is 27.2 Å². The highest BCUT2D eigenvalue weighted by Crippen LogP contribution is 2.30. The zero-order valence-corrected chi connectivity index (χ0v) is 17.6. The number of rotatable bonds is 5. The van der Waals surface area contributed by atoms with Crippen LogP contribution in [0.4, 0.5) is 0 Å². The molecule has 1 aliphatic rings. The summed E-state index contributed by atoms with van der Waals surface area (Å²) in [6, 6.07) is 4.60. The number of thioether (sulfide) groups is 1. The number of likely N-dealkylation sites (tertiary alicyclic amines) is 1. The van der Waals surface area contributed by atoms with Crippen molar-refractivity contribution in [3.05, 3.63) is 18.2 Å². The average Bonchev–Trinajstić information content (AvgIpc) is 3.02. The Morgan fingerprint density at radius 2 is 2.00 bits per heavy atom. The minimum Gasteiger partial charge on any atom is -0.431 e. The highest BCUT2D eigenvalue weighted by molar-refractivity contribution is 8.00. The minimum absolute atomic E-state index is 0.0880. The van der Waals surface area contributed by atoms with Crippen LogP contribution in [0.2, 0.25) is 0 Å². The molecule has 9 heteroatoms. The molecule has 148 valence electrons. The first kappa shape index (κ1) is 20.2. The van der Waals surface area contributed by atoms with E-state index in [0.717, 1.165) is 30.2 Å². The standard InChI is InChI=1S/C18H25N3O4S2/c1-12-7-9-21(10-8-12)17(22)13(2)26-18-19-15-11-14(5-6-16(15)25-18)27(23,24)20(3)4/h5-6,11-13H,7-10H2,1-4H3. The summed E-state index contributed by atoms with van der Waals surface area (Å²) < 4.78 is 31.4. The van der Waals surface area contributed by atoms with E-state index in [1.165, 1.54) is 38.0 Å². The van der Waals surface area contributed by atoms with Gasteiger partial charge in [-0.25, -0.2) is 17.7 Å². The van der Waals surface area contributed by atoms with Crippen LogP contribution >= 0.6 is 11.8 Å². The fraction of sp³-hybridized carbons (Fsp3) is 0.556. The molecule has 2 aromatic rings. The van der Waals surface area contributed by atoms with E-state index in [1.54, 1.807) is 6.07 Å². The van der Waals surface area contributed by atoms with E-state index in [2.05, 4.69) is 11.9 Å². The van der Waals surface area contributed by atoms with Crippen LogP contribution < -0.4 is 0 Å². The smallest absolute Gasteiger partial charge is 0.257 e. The fourth-order valence-electron chi connectivity index (χ4n) is 3.00. The Bertz CT molecular complexity index is 931. The maximum atomic E-state index is 12.6. The zero-order valence-electron chi connectivity index (χ0n) is 16.0. The predicted octanol–water partition coefficient (Wildman–Crippen LogP) is 2.82. The van der Waals surface area contributed by atoms with Gasteiger partial charge in [0.1, 0.15) is 5.52 Å². The van der Waals surface area contributed by atoms with Gasteiger partial charge in [0.25, 0.3) is 5.22 Å². The number of piperidine rings is 1. The molecule has 1 aromatic heterocycles. The molecule has 1 amide bonds. The molecule has 2 heterocycles. The van der Waals surface area contributed by atoms with Crippen molar-refractivity contribution in [1.82, 2.24) is 14.2 Å². The molecule has 0 saturated carbocycles. The highest BCUT2D eigenvalue weighted by Gasteiger charge is 2.26. The van der Waals surface area contributed by atoms with Gasteiger partial charge in [-0.05, 0) is 43.9 Å². The fourth-order valence-corrected chi connectivity index (χ4v) is 4.76. The molecule has 0 bridgehead atoms. The molecule has 3 rings (SSSR count). The number of benzene rings is 1. The van der Waals surface area contributed by atoms with Crippen LogP contribution in [-0.4, -0.2) is 60.9 Å². The normalized spacial score (nSPS) is 17.6. The highest BCUT2D eigenvalue weighted by atomic mass is 32.2. The molecule has 1 aliphatic heterocycles. The number of carbonyl (C=O) groups is 1. The monoisotopic (exact) mass is 411 g/mol. The number of oxazole rings is 1. The summed E-state index contributed by atoms with van der Waals surface area (Å²) in [6.07, 6.45) is 2.07. The third-order valence-corrected chi connectivity index (χ3v) is 7.58. The van der Waals surface area contributed by atoms with Crippen LogP contribution in [0.15, 0.2) is 32.7 Å². The van der Waals surface area contributed by atoms with E-state index in [9.17, 15) is 13.2 Å². The van der Waals surface area contributed by atoms with E-state index in [-0.39, 0.29) is 16.1 Å². The first-order chi connectivity index (χ1) is 12.7. The molecule has 0 spiro atoms. The summed E-state index contributed by atoms with van der Waals surface area (Å²) in [5.41, 5.74) is 0.966. The SMILES string of the molecule is CC1CCN(C(=O)C(C)Sc2nc3cc(S(=O)(=O)N(C)C)ccc3o2)CC1. The second-order valence-electron chi connectivity index (χ2n) is 7.16. The summed E-state index contributed by atoms with van der Waals surface area (Å²) in [6.45, 7) is 5.65. The van der Waals surface area contributed by atoms with E-state index < -0.39 is 10.0 Å². The van der Waals surface area contributed by atoms with Gasteiger partial charge in [-0.3, -0.25) is 4.79 Å². The van der Waals surface area contributed by atoms with Crippen molar-refractivity contribution < 1.29 is 17.6 Å². The van der Waals surface area contributed by atoms with Crippen LogP contribution in [0.5, 0.6) is 0 Å². The summed E-state index contributed by atoms with van der Waals surface area (Å²) in [4.78, 5) is 19.1. The van der Waals surface area contributed by atoms with Crippen molar-refractivity contribution >= 4 is 38.8 Å². The van der Waals surface area contributed by atoms with Crippen LogP contribution in [0.25, 0.3) is 11.1 Å². The number of aromatic nitrogens is 1. The van der Waals surface area contributed by atoms with Gasteiger partial charge in [0.2, 0.25) is 15.9 Å². The molecule has 1 aromatic carbocycles. The van der Waals surface area contributed by atoms with Crippen molar-refractivity contribution in [3.8, 4) is 0 Å². The van der Waals surface area contributed by atoms with Crippen LogP contribution in [0.1, 0.15) is 26.7 Å². The Hall–Kier alpha value is -1.58. The third kappa shape index (κ3) is 4.30. The van der Waals surface area contributed by atoms with Gasteiger partial charge >= 0.3 is 0 Å². The average molecular weight is 412 g/mol. The summed E-state index contributed by atoms with van der Waals surface area (Å²) in [7, 11) is -0.562. The lowest BCUT2D eigenvalue weighted by Gasteiger charge is -2.31. The number of amides is 1. The van der Waals surface area contributed by atoms with Crippen LogP contribution in [0, 0.1) is 5.92 Å². The third-order valence-electron chi connectivity index (χ3n) is 4.84. The molecule has 0 aliphatic carbocycles. The van der Waals surface area contributed by atoms with Crippen LogP contribution in [0.3, 0.4) is 0 Å². The maximum Gasteiger partial charge on any atom is 0.257 e. The van der Waals surface area contributed by atoms with Gasteiger partial charge in [0.05, 0.1) is 10.1 Å². The minimum atomic E-state index is -3.53. The van der Waals surface area contributed by atoms with Gasteiger partial charge in [0.15, 0.2) is 5.58 Å². The van der Waals surface area contributed by atoms with Crippen LogP contribution in [-0.2, 0) is 14.8 Å². The Labute approximate surface area is 164 Å². The lowest BCUT2D eigenvalue weighted by atomic mass is 9.99. The first-order valence-corrected chi connectivity index (χ1v) is 11.3. The number of hydrogen-bond acceptors (Lipinski definition) is 6. The number of hydrogen-bond donors (Lipinski definition) is 0. The first-order valence-electron chi connectivity index (χ1n) is 8.97. The maximum absolute atomic E-state index is 12.6. The molecule has 1 atom stereocenters. The number of nitrogens with zero attached hydrogens (tertiary/aromatic N) is 3. The van der Waals surface area contributed by atoms with E-state index >= 15 is 0 Å². The Morgan fingerprint density at radius 3 is 2.63 bits per heavy atom. The second kappa shape index (κ2) is 7.81. The zero-order chi connectivity index (χ0) is 19.8. The topological polar surface area (TPSA) is 83.7 Å². The lowest BCUT2D eigenvalue weighted by molar-refractivity contribution is -0.131. The van der Waals surface area contributed by atoms with Crippen molar-refractivity contribution in [2.24, 2.45) is 5.92 Å². The molecule has 27 heavy (non-hydrogen) atoms. The lowest BCUT2D eigenvalue weighted by Crippen LogP contribution is -2.41. The molecule has 1 fully saturated rings. The van der Waals surface area contributed by atoms with Crippen molar-refractivity contribution in [3.63, 3.8) is 0 Å². The molecule has 1 unspecified atom stereocenters. The number of fused-ring (bicyclic) bond motifs is 1. The van der Waals surface area contributed by atoms with E-state index in [0.29, 0.717) is 22.2 Å². The largest absolute Gasteiger partial charge is 0.431 e. The molecule has 7 nitrogen and oxygen atoms in total. The summed E-state index contributed by atoms with van der Waals surface area (Å²) >= 11 is 1.26. The van der Waals surface area contributed by atoms with Crippen molar-refractivity contribution in [2.45, 2.75) is 42.1 Å². The summed E-state index contributed by atoms with van der Waals surface area (Å²) in [5, 5.41) is 0.0621. The van der Waals surface area contributed by atoms with Crippen molar-refractivity contribution in [1.29, 1.82) is 0 Å².